The smallest absolute Gasteiger partial charge is 0.373 e. The molecule has 0 bridgehead atoms. The lowest BCUT2D eigenvalue weighted by Gasteiger charge is -2.10. The largest absolute Gasteiger partial charge is 0.434 e. The Kier molecular flexibility index (Phi) is 4.87. The first-order valence-electron chi connectivity index (χ1n) is 8.69. The first-order chi connectivity index (χ1) is 14.5. The van der Waals surface area contributed by atoms with Crippen LogP contribution in [-0.2, 0) is 0 Å². The van der Waals surface area contributed by atoms with Gasteiger partial charge >= 0.3 is 11.6 Å². The zero-order valence-electron chi connectivity index (χ0n) is 15.3. The summed E-state index contributed by atoms with van der Waals surface area (Å²) in [7, 11) is 0. The number of ether oxygens (including phenoxy) is 1. The molecule has 0 aliphatic carbocycles. The molecule has 0 aliphatic rings. The Morgan fingerprint density at radius 1 is 0.833 bits per heavy atom. The minimum Gasteiger partial charge on any atom is -0.434 e. The van der Waals surface area contributed by atoms with Gasteiger partial charge in [0, 0.05) is 17.8 Å². The number of hydrogen-bond donors (Lipinski definition) is 1. The summed E-state index contributed by atoms with van der Waals surface area (Å²) in [6.45, 7) is 0. The maximum Gasteiger partial charge on any atom is 0.373 e. The highest BCUT2D eigenvalue weighted by Crippen LogP contribution is 2.36. The summed E-state index contributed by atoms with van der Waals surface area (Å²) in [6.07, 6.45) is 1.11. The summed E-state index contributed by atoms with van der Waals surface area (Å²) in [5, 5.41) is 27.3. The number of fused-ring (bicyclic) bond motifs is 1. The second-order valence-electron chi connectivity index (χ2n) is 6.18. The molecule has 0 spiro atoms. The maximum atomic E-state index is 11.7. The fraction of sp³-hybridized carbons (Fsp3) is 0. The number of nitrogens with one attached hydrogen (secondary N) is 1. The molecule has 0 saturated heterocycles. The Labute approximate surface area is 169 Å². The molecular formula is C20H13N5O5. The van der Waals surface area contributed by atoms with E-state index in [2.05, 4.69) is 15.3 Å². The van der Waals surface area contributed by atoms with Crippen LogP contribution < -0.4 is 10.1 Å². The molecule has 0 radical (unpaired) electrons. The Balaban J connectivity index is 1.69. The van der Waals surface area contributed by atoms with Gasteiger partial charge in [-0.25, -0.2) is 4.98 Å². The predicted molar refractivity (Wildman–Crippen MR) is 109 cm³/mol. The van der Waals surface area contributed by atoms with E-state index in [-0.39, 0.29) is 23.1 Å². The number of non-ortho nitro benzene ring substituents is 1. The standard InChI is InChI=1S/C20H13N5O5/c26-24(27)16-7-3-6-15(11-16)23-19-18(25(28)29)20(22-12-21-19)30-17-9-8-13-4-1-2-5-14(13)10-17/h1-12H,(H,21,22,23). The van der Waals surface area contributed by atoms with Crippen LogP contribution in [0.4, 0.5) is 22.9 Å². The van der Waals surface area contributed by atoms with Gasteiger partial charge in [-0.2, -0.15) is 4.98 Å². The Bertz CT molecular complexity index is 1280. The van der Waals surface area contributed by atoms with Gasteiger partial charge in [0.05, 0.1) is 9.85 Å². The van der Waals surface area contributed by atoms with Crippen LogP contribution in [0.3, 0.4) is 0 Å². The highest BCUT2D eigenvalue weighted by molar-refractivity contribution is 5.83. The zero-order chi connectivity index (χ0) is 21.1. The lowest BCUT2D eigenvalue weighted by atomic mass is 10.1. The quantitative estimate of drug-likeness (QED) is 0.352. The third kappa shape index (κ3) is 3.83. The molecule has 0 fully saturated rings. The summed E-state index contributed by atoms with van der Waals surface area (Å²) in [6, 6.07) is 18.4. The number of hydrogen-bond acceptors (Lipinski definition) is 8. The van der Waals surface area contributed by atoms with Gasteiger partial charge in [-0.1, -0.05) is 36.4 Å². The van der Waals surface area contributed by atoms with E-state index in [0.717, 1.165) is 17.1 Å². The van der Waals surface area contributed by atoms with Crippen LogP contribution in [0.25, 0.3) is 10.8 Å². The van der Waals surface area contributed by atoms with Gasteiger partial charge in [0.15, 0.2) is 0 Å². The minimum atomic E-state index is -0.671. The first-order valence-corrected chi connectivity index (χ1v) is 8.69. The third-order valence-corrected chi connectivity index (χ3v) is 4.23. The van der Waals surface area contributed by atoms with Crippen LogP contribution >= 0.6 is 0 Å². The number of rotatable bonds is 6. The molecule has 1 aromatic heterocycles. The summed E-state index contributed by atoms with van der Waals surface area (Å²) in [5.74, 6) is -0.0266. The van der Waals surface area contributed by atoms with Gasteiger partial charge < -0.3 is 10.1 Å². The topological polar surface area (TPSA) is 133 Å². The predicted octanol–water partition coefficient (Wildman–Crippen LogP) is 4.98. The summed E-state index contributed by atoms with van der Waals surface area (Å²) in [5.41, 5.74) is -0.385. The van der Waals surface area contributed by atoms with Crippen molar-refractivity contribution in [3.05, 3.63) is 93.3 Å². The van der Waals surface area contributed by atoms with Gasteiger partial charge in [-0.15, -0.1) is 0 Å². The van der Waals surface area contributed by atoms with Crippen LogP contribution in [0.2, 0.25) is 0 Å². The van der Waals surface area contributed by atoms with Gasteiger partial charge in [-0.05, 0) is 29.0 Å². The number of benzene rings is 3. The monoisotopic (exact) mass is 403 g/mol. The van der Waals surface area contributed by atoms with E-state index in [1.807, 2.05) is 30.3 Å². The highest BCUT2D eigenvalue weighted by Gasteiger charge is 2.25. The Morgan fingerprint density at radius 3 is 2.40 bits per heavy atom. The van der Waals surface area contributed by atoms with E-state index in [0.29, 0.717) is 5.75 Å². The van der Waals surface area contributed by atoms with E-state index in [4.69, 9.17) is 4.74 Å². The molecule has 4 rings (SSSR count). The summed E-state index contributed by atoms with van der Waals surface area (Å²) in [4.78, 5) is 29.2. The highest BCUT2D eigenvalue weighted by atomic mass is 16.6. The fourth-order valence-corrected chi connectivity index (χ4v) is 2.87. The molecule has 148 valence electrons. The second-order valence-corrected chi connectivity index (χ2v) is 6.18. The number of aromatic nitrogens is 2. The lowest BCUT2D eigenvalue weighted by Crippen LogP contribution is -2.03. The molecule has 0 atom stereocenters. The molecule has 0 amide bonds. The van der Waals surface area contributed by atoms with E-state index < -0.39 is 15.5 Å². The van der Waals surface area contributed by atoms with Crippen molar-refractivity contribution >= 4 is 33.7 Å². The lowest BCUT2D eigenvalue weighted by molar-refractivity contribution is -0.385. The van der Waals surface area contributed by atoms with E-state index in [9.17, 15) is 20.2 Å². The van der Waals surface area contributed by atoms with Gasteiger partial charge in [0.2, 0.25) is 5.82 Å². The van der Waals surface area contributed by atoms with Crippen LogP contribution in [0, 0.1) is 20.2 Å². The average Bonchev–Trinajstić information content (AvgIpc) is 2.74. The van der Waals surface area contributed by atoms with Gasteiger partial charge in [0.1, 0.15) is 12.1 Å². The second kappa shape index (κ2) is 7.80. The van der Waals surface area contributed by atoms with E-state index >= 15 is 0 Å². The molecule has 1 heterocycles. The molecular weight excluding hydrogens is 390 g/mol. The van der Waals surface area contributed by atoms with E-state index in [1.165, 1.54) is 24.3 Å². The van der Waals surface area contributed by atoms with Crippen molar-refractivity contribution in [2.24, 2.45) is 0 Å². The molecule has 4 aromatic rings. The molecule has 3 aromatic carbocycles. The zero-order valence-corrected chi connectivity index (χ0v) is 15.3. The molecule has 1 N–H and O–H groups in total. The van der Waals surface area contributed by atoms with Crippen LogP contribution in [0.5, 0.6) is 11.6 Å². The summed E-state index contributed by atoms with van der Waals surface area (Å²) < 4.78 is 5.68. The fourth-order valence-electron chi connectivity index (χ4n) is 2.87. The van der Waals surface area contributed by atoms with Gasteiger partial charge in [0.25, 0.3) is 5.69 Å². The molecule has 0 saturated carbocycles. The van der Waals surface area contributed by atoms with Crippen molar-refractivity contribution in [3.8, 4) is 11.6 Å². The van der Waals surface area contributed by atoms with Crippen LogP contribution in [0.15, 0.2) is 73.1 Å². The van der Waals surface area contributed by atoms with Crippen LogP contribution in [-0.4, -0.2) is 19.8 Å². The van der Waals surface area contributed by atoms with Crippen molar-refractivity contribution in [2.75, 3.05) is 5.32 Å². The van der Waals surface area contributed by atoms with Crippen molar-refractivity contribution in [1.29, 1.82) is 0 Å². The van der Waals surface area contributed by atoms with Gasteiger partial charge in [-0.3, -0.25) is 20.2 Å². The number of anilines is 2. The normalized spacial score (nSPS) is 10.5. The van der Waals surface area contributed by atoms with Crippen LogP contribution in [0.1, 0.15) is 0 Å². The van der Waals surface area contributed by atoms with E-state index in [1.54, 1.807) is 12.1 Å². The SMILES string of the molecule is O=[N+]([O-])c1cccc(Nc2ncnc(Oc3ccc4ccccc4c3)c2[N+](=O)[O-])c1. The number of nitro groups is 2. The number of nitro benzene ring substituents is 1. The summed E-state index contributed by atoms with van der Waals surface area (Å²) >= 11 is 0. The van der Waals surface area contributed by atoms with Crippen molar-refractivity contribution in [2.45, 2.75) is 0 Å². The average molecular weight is 403 g/mol. The molecule has 0 aliphatic heterocycles. The molecule has 0 unspecified atom stereocenters. The first kappa shape index (κ1) is 18.7. The maximum absolute atomic E-state index is 11.7. The Hall–Kier alpha value is -4.60. The van der Waals surface area contributed by atoms with Crippen molar-refractivity contribution in [3.63, 3.8) is 0 Å². The molecule has 10 nitrogen and oxygen atoms in total. The van der Waals surface area contributed by atoms with Crippen molar-refractivity contribution in [1.82, 2.24) is 9.97 Å². The molecule has 30 heavy (non-hydrogen) atoms. The number of nitrogens with zero attached hydrogens (tertiary/aromatic N) is 4. The third-order valence-electron chi connectivity index (χ3n) is 4.23. The van der Waals surface area contributed by atoms with Crippen molar-refractivity contribution < 1.29 is 14.6 Å². The molecule has 10 heteroatoms. The minimum absolute atomic E-state index is 0.147. The Morgan fingerprint density at radius 2 is 1.63 bits per heavy atom.